The minimum absolute atomic E-state index is 0.0143. The summed E-state index contributed by atoms with van der Waals surface area (Å²) in [5.41, 5.74) is 8.02. The first kappa shape index (κ1) is 41.8. The minimum Gasteiger partial charge on any atom is -0.488 e. The highest BCUT2D eigenvalue weighted by atomic mass is 16.5. The number of aromatic nitrogens is 2. The van der Waals surface area contributed by atoms with Gasteiger partial charge in [0, 0.05) is 30.3 Å². The van der Waals surface area contributed by atoms with Gasteiger partial charge in [-0.3, -0.25) is 14.6 Å². The van der Waals surface area contributed by atoms with Crippen molar-refractivity contribution in [3.63, 3.8) is 0 Å². The summed E-state index contributed by atoms with van der Waals surface area (Å²) < 4.78 is 16.1. The number of aromatic amines is 1. The van der Waals surface area contributed by atoms with E-state index in [-0.39, 0.29) is 41.8 Å². The molecule has 2 fully saturated rings. The molecule has 3 N–H and O–H groups in total. The molecule has 0 bridgehead atoms. The van der Waals surface area contributed by atoms with Crippen LogP contribution in [-0.2, 0) is 32.1 Å². The van der Waals surface area contributed by atoms with Gasteiger partial charge in [0.1, 0.15) is 30.3 Å². The Balaban J connectivity index is 1.02. The molecule has 6 atom stereocenters. The van der Waals surface area contributed by atoms with E-state index in [1.54, 1.807) is 0 Å². The highest BCUT2D eigenvalue weighted by molar-refractivity contribution is 6.06. The fraction of sp³-hybridized carbons (Fsp3) is 0.489. The number of nitrogens with one attached hydrogen (secondary N) is 3. The van der Waals surface area contributed by atoms with Crippen LogP contribution in [0, 0.1) is 17.8 Å². The molecule has 3 aromatic carbocycles. The molecule has 4 amide bonds. The van der Waals surface area contributed by atoms with E-state index in [1.807, 2.05) is 43.7 Å². The van der Waals surface area contributed by atoms with Crippen LogP contribution in [0.15, 0.2) is 53.7 Å². The van der Waals surface area contributed by atoms with Crippen molar-refractivity contribution in [1.82, 2.24) is 30.4 Å². The molecule has 0 radical (unpaired) electrons. The lowest BCUT2D eigenvalue weighted by Crippen LogP contribution is -2.55. The normalized spacial score (nSPS) is 21.4. The van der Waals surface area contributed by atoms with Crippen molar-refractivity contribution in [2.75, 3.05) is 20.8 Å². The van der Waals surface area contributed by atoms with Crippen LogP contribution in [-0.4, -0.2) is 94.4 Å². The van der Waals surface area contributed by atoms with Crippen LogP contribution in [0.3, 0.4) is 0 Å². The molecule has 61 heavy (non-hydrogen) atoms. The number of methoxy groups -OCH3 is 2. The Morgan fingerprint density at radius 3 is 2.31 bits per heavy atom. The number of fused-ring (bicyclic) bond motifs is 6. The van der Waals surface area contributed by atoms with Gasteiger partial charge in [0.05, 0.1) is 43.9 Å². The molecule has 2 saturated heterocycles. The second-order valence-corrected chi connectivity index (χ2v) is 17.7. The van der Waals surface area contributed by atoms with Crippen molar-refractivity contribution < 1.29 is 33.4 Å². The van der Waals surface area contributed by atoms with Gasteiger partial charge in [0.25, 0.3) is 0 Å². The molecule has 14 heteroatoms. The second kappa shape index (κ2) is 16.9. The summed E-state index contributed by atoms with van der Waals surface area (Å²) in [6, 6.07) is 13.1. The largest absolute Gasteiger partial charge is 0.488 e. The molecule has 0 spiro atoms. The van der Waals surface area contributed by atoms with Crippen LogP contribution < -0.4 is 15.4 Å². The predicted octanol–water partition coefficient (Wildman–Crippen LogP) is 7.86. The van der Waals surface area contributed by atoms with Crippen molar-refractivity contribution in [1.29, 1.82) is 0 Å². The summed E-state index contributed by atoms with van der Waals surface area (Å²) in [4.78, 5) is 69.5. The van der Waals surface area contributed by atoms with Crippen LogP contribution in [0.1, 0.15) is 90.2 Å². The average Bonchev–Trinajstić information content (AvgIpc) is 4.08. The maximum Gasteiger partial charge on any atom is 0.407 e. The van der Waals surface area contributed by atoms with Crippen molar-refractivity contribution >= 4 is 46.2 Å². The summed E-state index contributed by atoms with van der Waals surface area (Å²) in [7, 11) is 2.60. The van der Waals surface area contributed by atoms with Gasteiger partial charge in [-0.25, -0.2) is 14.6 Å². The Morgan fingerprint density at radius 1 is 0.902 bits per heavy atom. The molecule has 4 aliphatic rings. The number of hydrogen-bond acceptors (Lipinski definition) is 9. The summed E-state index contributed by atoms with van der Waals surface area (Å²) in [6.45, 7) is 12.9. The van der Waals surface area contributed by atoms with E-state index in [0.29, 0.717) is 25.5 Å². The number of alkyl carbamates (subject to hydrolysis) is 2. The molecule has 14 nitrogen and oxygen atoms in total. The summed E-state index contributed by atoms with van der Waals surface area (Å²) in [6.07, 6.45) is 4.60. The van der Waals surface area contributed by atoms with Crippen LogP contribution in [0.5, 0.6) is 5.75 Å². The second-order valence-electron chi connectivity index (χ2n) is 17.7. The number of imidazole rings is 1. The van der Waals surface area contributed by atoms with Gasteiger partial charge in [-0.1, -0.05) is 59.2 Å². The molecule has 4 aromatic rings. The van der Waals surface area contributed by atoms with Gasteiger partial charge in [0.15, 0.2) is 0 Å². The van der Waals surface area contributed by atoms with Crippen molar-refractivity contribution in [2.24, 2.45) is 22.7 Å². The molecule has 0 saturated carbocycles. The molecule has 0 aliphatic carbocycles. The Kier molecular flexibility index (Phi) is 11.5. The van der Waals surface area contributed by atoms with Crippen LogP contribution >= 0.6 is 0 Å². The molecule has 8 rings (SSSR count). The van der Waals surface area contributed by atoms with E-state index >= 15 is 0 Å². The Morgan fingerprint density at radius 2 is 1.62 bits per heavy atom. The fourth-order valence-electron chi connectivity index (χ4n) is 9.68. The van der Waals surface area contributed by atoms with E-state index in [9.17, 15) is 19.2 Å². The molecule has 5 heterocycles. The lowest BCUT2D eigenvalue weighted by Gasteiger charge is -2.33. The van der Waals surface area contributed by atoms with Gasteiger partial charge in [-0.15, -0.1) is 0 Å². The topological polar surface area (TPSA) is 168 Å². The number of benzene rings is 3. The van der Waals surface area contributed by atoms with E-state index < -0.39 is 24.3 Å². The molecule has 0 unspecified atom stereocenters. The van der Waals surface area contributed by atoms with Gasteiger partial charge in [0.2, 0.25) is 11.8 Å². The smallest absolute Gasteiger partial charge is 0.407 e. The zero-order valence-electron chi connectivity index (χ0n) is 36.3. The highest BCUT2D eigenvalue weighted by Gasteiger charge is 2.43. The number of ether oxygens (including phenoxy) is 3. The number of carbonyl (C=O) groups excluding carboxylic acids is 4. The van der Waals surface area contributed by atoms with Crippen molar-refractivity contribution in [2.45, 2.75) is 110 Å². The van der Waals surface area contributed by atoms with Crippen LogP contribution in [0.2, 0.25) is 0 Å². The zero-order valence-corrected chi connectivity index (χ0v) is 36.3. The number of carbonyl (C=O) groups is 4. The SMILES string of the molecule is CC[C@H]1C[C@@H](c2ncc(-c3ccc4c(c3)COc3cc5c6c(ccc5cc3-4)N=C([C@@H]3CC[C@H](C)N3C(=O)[C@@H](NC(=O)OC)C(C)C)C6)[nH]2)N(C(=O)[C@@H](NC(=O)OC)C(C)C)C1. The van der Waals surface area contributed by atoms with E-state index in [2.05, 4.69) is 71.9 Å². The fourth-order valence-corrected chi connectivity index (χ4v) is 9.68. The van der Waals surface area contributed by atoms with E-state index in [0.717, 1.165) is 92.9 Å². The Labute approximate surface area is 356 Å². The van der Waals surface area contributed by atoms with Crippen LogP contribution in [0.25, 0.3) is 33.2 Å². The van der Waals surface area contributed by atoms with E-state index in [1.165, 1.54) is 14.2 Å². The van der Waals surface area contributed by atoms with Gasteiger partial charge in [-0.2, -0.15) is 0 Å². The number of nitrogens with zero attached hydrogens (tertiary/aromatic N) is 4. The van der Waals surface area contributed by atoms with Crippen molar-refractivity contribution in [3.05, 3.63) is 65.6 Å². The third kappa shape index (κ3) is 7.81. The molecular weight excluding hydrogens is 775 g/mol. The maximum atomic E-state index is 14.0. The number of H-pyrrole nitrogens is 1. The molecular formula is C47H57N7O7. The Bertz CT molecular complexity index is 2410. The summed E-state index contributed by atoms with van der Waals surface area (Å²) in [5, 5.41) is 7.67. The summed E-state index contributed by atoms with van der Waals surface area (Å²) in [5.74, 6) is 1.37. The quantitative estimate of drug-likeness (QED) is 0.145. The first-order valence-corrected chi connectivity index (χ1v) is 21.6. The highest BCUT2D eigenvalue weighted by Crippen LogP contribution is 2.45. The first-order chi connectivity index (χ1) is 29.3. The van der Waals surface area contributed by atoms with E-state index in [4.69, 9.17) is 24.2 Å². The monoisotopic (exact) mass is 831 g/mol. The number of amides is 4. The van der Waals surface area contributed by atoms with Gasteiger partial charge >= 0.3 is 12.2 Å². The number of likely N-dealkylation sites (tertiary alicyclic amines) is 2. The first-order valence-electron chi connectivity index (χ1n) is 21.6. The van der Waals surface area contributed by atoms with Gasteiger partial charge in [-0.05, 0) is 101 Å². The Hall–Kier alpha value is -5.92. The minimum atomic E-state index is -0.710. The predicted molar refractivity (Wildman–Crippen MR) is 233 cm³/mol. The molecule has 322 valence electrons. The number of hydrogen-bond donors (Lipinski definition) is 3. The maximum absolute atomic E-state index is 14.0. The number of rotatable bonds is 10. The molecule has 4 aliphatic heterocycles. The van der Waals surface area contributed by atoms with Crippen molar-refractivity contribution in [3.8, 4) is 28.1 Å². The zero-order chi connectivity index (χ0) is 43.3. The number of aliphatic imine (C=N–C) groups is 1. The standard InChI is InChI=1S/C47H57N7O7/c1-9-27-16-39(53(22-27)44(55)41(24(2)3)51-46(57)59-7)43-48-21-37(50-43)29-11-13-31-30(17-29)23-61-40-20-32-28(18-34(31)40)12-14-35-33(32)19-36(49-35)38-15-10-26(6)54(38)45(56)42(25(4)5)52-47(58)60-8/h11-14,17-18,20-21,24-27,38-39,41-42H,9-10,15-16,19,22-23H2,1-8H3,(H,48,50)(H,51,57)(H,52,58)/t26-,27-,38-,39-,41-,42-/m0/s1. The lowest BCUT2D eigenvalue weighted by atomic mass is 9.90. The third-order valence-electron chi connectivity index (χ3n) is 13.2. The molecule has 1 aromatic heterocycles. The lowest BCUT2D eigenvalue weighted by molar-refractivity contribution is -0.136. The third-order valence-corrected chi connectivity index (χ3v) is 13.2. The van der Waals surface area contributed by atoms with Gasteiger partial charge < -0.3 is 39.6 Å². The summed E-state index contributed by atoms with van der Waals surface area (Å²) >= 11 is 0. The average molecular weight is 832 g/mol. The van der Waals surface area contributed by atoms with Crippen LogP contribution in [0.4, 0.5) is 15.3 Å².